The van der Waals surface area contributed by atoms with Crippen LogP contribution in [0.1, 0.15) is 37.1 Å². The molecule has 174 valence electrons. The second-order valence-corrected chi connectivity index (χ2v) is 9.10. The highest BCUT2D eigenvalue weighted by Gasteiger charge is 2.18. The van der Waals surface area contributed by atoms with Gasteiger partial charge >= 0.3 is 0 Å². The number of nitro groups is 1. The number of benzene rings is 2. The summed E-state index contributed by atoms with van der Waals surface area (Å²) in [5.74, 6) is 0. The number of non-ortho nitro benzene ring substituents is 1. The van der Waals surface area contributed by atoms with Gasteiger partial charge in [0.15, 0.2) is 0 Å². The Hall–Kier alpha value is -3.57. The Labute approximate surface area is 191 Å². The second-order valence-electron chi connectivity index (χ2n) is 7.54. The van der Waals surface area contributed by atoms with Gasteiger partial charge in [-0.25, -0.2) is 18.2 Å². The summed E-state index contributed by atoms with van der Waals surface area (Å²) in [5, 5.41) is 19.1. The summed E-state index contributed by atoms with van der Waals surface area (Å²) in [7, 11) is -3.73. The average molecular weight is 472 g/mol. The van der Waals surface area contributed by atoms with E-state index >= 15 is 0 Å². The van der Waals surface area contributed by atoms with E-state index in [1.807, 2.05) is 6.92 Å². The summed E-state index contributed by atoms with van der Waals surface area (Å²) in [5.41, 5.74) is 2.89. The number of nitro benzene ring substituents is 1. The molecule has 11 heteroatoms. The maximum absolute atomic E-state index is 13.1. The molecule has 0 spiro atoms. The molecule has 0 fully saturated rings. The first kappa shape index (κ1) is 24.1. The van der Waals surface area contributed by atoms with E-state index in [0.717, 1.165) is 17.7 Å². The van der Waals surface area contributed by atoms with Gasteiger partial charge in [-0.3, -0.25) is 25.0 Å². The fourth-order valence-corrected chi connectivity index (χ4v) is 3.98. The van der Waals surface area contributed by atoms with E-state index in [9.17, 15) is 23.3 Å². The Morgan fingerprint density at radius 2 is 1.76 bits per heavy atom. The van der Waals surface area contributed by atoms with Gasteiger partial charge < -0.3 is 0 Å². The van der Waals surface area contributed by atoms with Crippen molar-refractivity contribution in [2.45, 2.75) is 38.0 Å². The molecule has 3 rings (SSSR count). The smallest absolute Gasteiger partial charge is 0.280 e. The Bertz CT molecular complexity index is 1340. The van der Waals surface area contributed by atoms with Crippen LogP contribution in [0.3, 0.4) is 0 Å². The van der Waals surface area contributed by atoms with Crippen LogP contribution in [0.5, 0.6) is 0 Å². The van der Waals surface area contributed by atoms with Gasteiger partial charge in [0.25, 0.3) is 11.2 Å². The number of primary sulfonamides is 1. The van der Waals surface area contributed by atoms with E-state index in [1.165, 1.54) is 41.1 Å². The molecule has 33 heavy (non-hydrogen) atoms. The molecule has 0 saturated heterocycles. The number of aliphatic imine (C=N–C) groups is 1. The maximum atomic E-state index is 13.1. The number of aromatic amines is 1. The summed E-state index contributed by atoms with van der Waals surface area (Å²) in [6.45, 7) is 4.19. The van der Waals surface area contributed by atoms with Gasteiger partial charge in [-0.15, -0.1) is 0 Å². The van der Waals surface area contributed by atoms with Crippen molar-refractivity contribution in [1.82, 2.24) is 9.78 Å². The second kappa shape index (κ2) is 9.92. The largest absolute Gasteiger partial charge is 0.294 e. The van der Waals surface area contributed by atoms with Crippen LogP contribution in [-0.4, -0.2) is 35.4 Å². The zero-order valence-electron chi connectivity index (χ0n) is 18.3. The van der Waals surface area contributed by atoms with Crippen LogP contribution in [0.15, 0.2) is 63.2 Å². The number of aryl methyl sites for hydroxylation is 1. The first-order valence-corrected chi connectivity index (χ1v) is 11.9. The van der Waals surface area contributed by atoms with Gasteiger partial charge in [-0.2, -0.15) is 0 Å². The number of hydrogen-bond acceptors (Lipinski definition) is 6. The lowest BCUT2D eigenvalue weighted by Crippen LogP contribution is -2.20. The Morgan fingerprint density at radius 3 is 2.30 bits per heavy atom. The van der Waals surface area contributed by atoms with E-state index in [0.29, 0.717) is 36.3 Å². The molecular weight excluding hydrogens is 446 g/mol. The van der Waals surface area contributed by atoms with E-state index < -0.39 is 14.9 Å². The van der Waals surface area contributed by atoms with Crippen molar-refractivity contribution in [3.63, 3.8) is 0 Å². The highest BCUT2D eigenvalue weighted by atomic mass is 32.2. The molecule has 0 atom stereocenters. The molecule has 0 bridgehead atoms. The molecule has 0 aliphatic heterocycles. The van der Waals surface area contributed by atoms with Crippen molar-refractivity contribution < 1.29 is 13.3 Å². The molecule has 0 amide bonds. The van der Waals surface area contributed by atoms with Crippen LogP contribution < -0.4 is 10.7 Å². The fourth-order valence-electron chi connectivity index (χ4n) is 3.47. The molecule has 2 aromatic carbocycles. The lowest BCUT2D eigenvalue weighted by molar-refractivity contribution is -0.384. The van der Waals surface area contributed by atoms with Crippen LogP contribution in [0.2, 0.25) is 0 Å². The summed E-state index contributed by atoms with van der Waals surface area (Å²) in [4.78, 5) is 28.1. The minimum absolute atomic E-state index is 0.0502. The Morgan fingerprint density at radius 1 is 1.12 bits per heavy atom. The zero-order valence-corrected chi connectivity index (χ0v) is 19.1. The van der Waals surface area contributed by atoms with E-state index in [1.54, 1.807) is 19.1 Å². The van der Waals surface area contributed by atoms with E-state index in [2.05, 4.69) is 10.1 Å². The lowest BCUT2D eigenvalue weighted by Gasteiger charge is -2.03. The quantitative estimate of drug-likeness (QED) is 0.279. The highest BCUT2D eigenvalue weighted by molar-refractivity contribution is 7.89. The molecule has 1 aromatic heterocycles. The minimum Gasteiger partial charge on any atom is -0.294 e. The van der Waals surface area contributed by atoms with Gasteiger partial charge in [0.2, 0.25) is 10.0 Å². The molecule has 0 aliphatic carbocycles. The molecule has 0 unspecified atom stereocenters. The van der Waals surface area contributed by atoms with Crippen molar-refractivity contribution in [2.75, 3.05) is 6.54 Å². The number of nitrogens with zero attached hydrogens (tertiary/aromatic N) is 3. The number of rotatable bonds is 9. The number of sulfonamides is 1. The van der Waals surface area contributed by atoms with Crippen molar-refractivity contribution >= 4 is 21.4 Å². The average Bonchev–Trinajstić information content (AvgIpc) is 3.09. The van der Waals surface area contributed by atoms with Gasteiger partial charge in [0, 0.05) is 30.1 Å². The third-order valence-electron chi connectivity index (χ3n) is 5.15. The van der Waals surface area contributed by atoms with Crippen LogP contribution in [0.25, 0.3) is 5.69 Å². The molecule has 10 nitrogen and oxygen atoms in total. The highest BCUT2D eigenvalue weighted by Crippen LogP contribution is 2.16. The van der Waals surface area contributed by atoms with Crippen LogP contribution in [0.4, 0.5) is 5.69 Å². The fraction of sp³-hybridized carbons (Fsp3) is 0.273. The van der Waals surface area contributed by atoms with Gasteiger partial charge in [-0.1, -0.05) is 25.5 Å². The number of nitrogens with two attached hydrogens (primary N) is 1. The first-order chi connectivity index (χ1) is 15.6. The molecule has 0 radical (unpaired) electrons. The van der Waals surface area contributed by atoms with Crippen LogP contribution >= 0.6 is 0 Å². The van der Waals surface area contributed by atoms with Gasteiger partial charge in [-0.05, 0) is 49.6 Å². The van der Waals surface area contributed by atoms with Crippen molar-refractivity contribution in [3.8, 4) is 5.69 Å². The molecule has 0 saturated carbocycles. The Balaban J connectivity index is 1.84. The Kier molecular flexibility index (Phi) is 7.24. The molecule has 3 N–H and O–H groups in total. The summed E-state index contributed by atoms with van der Waals surface area (Å²) >= 11 is 0. The van der Waals surface area contributed by atoms with Gasteiger partial charge in [0.1, 0.15) is 0 Å². The number of nitrogens with one attached hydrogen (secondary N) is 1. The van der Waals surface area contributed by atoms with Gasteiger partial charge in [0.05, 0.1) is 21.1 Å². The molecule has 1 heterocycles. The predicted molar refractivity (Wildman–Crippen MR) is 126 cm³/mol. The zero-order chi connectivity index (χ0) is 24.2. The number of H-pyrrole nitrogens is 1. The molecule has 0 aliphatic rings. The van der Waals surface area contributed by atoms with Crippen LogP contribution in [-0.2, 0) is 22.9 Å². The number of hydrogen-bond donors (Lipinski definition) is 2. The summed E-state index contributed by atoms with van der Waals surface area (Å²) in [6.07, 6.45) is 2.02. The summed E-state index contributed by atoms with van der Waals surface area (Å²) < 4.78 is 24.1. The third-order valence-corrected chi connectivity index (χ3v) is 6.08. The first-order valence-electron chi connectivity index (χ1n) is 10.3. The standard InChI is InChI=1S/C22H25N5O5S/c1-3-4-20-21(22(28)26(25-20)17-7-9-18(10-8-17)27(29)30)15(2)24-14-13-16-5-11-19(12-6-16)33(23,31)32/h5-12,25H,3-4,13-14H2,1-2H3,(H2,23,31,32). The monoisotopic (exact) mass is 471 g/mol. The van der Waals surface area contributed by atoms with Crippen molar-refractivity contribution in [1.29, 1.82) is 0 Å². The van der Waals surface area contributed by atoms with E-state index in [4.69, 9.17) is 5.14 Å². The lowest BCUT2D eigenvalue weighted by atomic mass is 10.1. The van der Waals surface area contributed by atoms with Crippen molar-refractivity contribution in [2.24, 2.45) is 10.1 Å². The number of aromatic nitrogens is 2. The maximum Gasteiger partial charge on any atom is 0.280 e. The molecule has 3 aromatic rings. The van der Waals surface area contributed by atoms with E-state index in [-0.39, 0.29) is 16.1 Å². The predicted octanol–water partition coefficient (Wildman–Crippen LogP) is 2.73. The topological polar surface area (TPSA) is 153 Å². The summed E-state index contributed by atoms with van der Waals surface area (Å²) in [6, 6.07) is 12.0. The van der Waals surface area contributed by atoms with Crippen LogP contribution in [0, 0.1) is 10.1 Å². The minimum atomic E-state index is -3.73. The SMILES string of the molecule is CCCc1[nH]n(-c2ccc([N+](=O)[O-])cc2)c(=O)c1C(C)=NCCc1ccc(S(N)(=O)=O)cc1. The van der Waals surface area contributed by atoms with Crippen molar-refractivity contribution in [3.05, 3.63) is 85.8 Å². The molecular formula is C22H25N5O5S. The normalized spacial score (nSPS) is 12.2. The third kappa shape index (κ3) is 5.62.